The molecule has 0 bridgehead atoms. The number of hydrogen-bond acceptors (Lipinski definition) is 2. The van der Waals surface area contributed by atoms with E-state index in [0.717, 1.165) is 0 Å². The summed E-state index contributed by atoms with van der Waals surface area (Å²) in [5.74, 6) is 0. The summed E-state index contributed by atoms with van der Waals surface area (Å²) < 4.78 is 0. The zero-order chi connectivity index (χ0) is 5.41. The minimum absolute atomic E-state index is 0.0833. The van der Waals surface area contributed by atoms with Gasteiger partial charge in [0.2, 0.25) is 0 Å². The topological polar surface area (TPSA) is 37.3 Å². The second-order valence-corrected chi connectivity index (χ2v) is 0.471. The summed E-state index contributed by atoms with van der Waals surface area (Å²) in [5.41, 5.74) is 0. The maximum atomic E-state index is 8.00. The minimum atomic E-state index is 0.0833. The molecule has 2 nitrogen and oxygen atoms in total. The van der Waals surface area contributed by atoms with Gasteiger partial charge in [0.1, 0.15) is 6.79 Å². The fraction of sp³-hybridized carbons (Fsp3) is 0.250. The molecule has 0 aliphatic heterocycles. The number of carbonyl (C=O) groups excluding carboxylic acids is 1. The van der Waals surface area contributed by atoms with E-state index in [9.17, 15) is 0 Å². The summed E-state index contributed by atoms with van der Waals surface area (Å²) >= 11 is 0. The van der Waals surface area contributed by atoms with Gasteiger partial charge >= 0.3 is 0 Å². The quantitative estimate of drug-likeness (QED) is 0.457. The normalized spacial score (nSPS) is 4.83. The van der Waals surface area contributed by atoms with E-state index in [2.05, 4.69) is 6.58 Å². The third-order valence-electron chi connectivity index (χ3n) is 0.129. The highest BCUT2D eigenvalue weighted by molar-refractivity contribution is 5.10. The standard InChI is InChI=1S/C3H6O.CH2O/c1-2-3-4;1-2/h2,4H,1,3H2;1H2. The van der Waals surface area contributed by atoms with Crippen molar-refractivity contribution in [2.45, 2.75) is 0 Å². The van der Waals surface area contributed by atoms with Crippen molar-refractivity contribution in [1.29, 1.82) is 0 Å². The van der Waals surface area contributed by atoms with Crippen LogP contribution in [0.15, 0.2) is 12.7 Å². The lowest BCUT2D eigenvalue weighted by molar-refractivity contribution is -0.0979. The van der Waals surface area contributed by atoms with Crippen LogP contribution >= 0.6 is 0 Å². The average molecular weight is 88.1 g/mol. The zero-order valence-corrected chi connectivity index (χ0v) is 3.55. The second-order valence-electron chi connectivity index (χ2n) is 0.471. The van der Waals surface area contributed by atoms with Gasteiger partial charge in [-0.25, -0.2) is 0 Å². The number of carbonyl (C=O) groups is 1. The van der Waals surface area contributed by atoms with Crippen LogP contribution < -0.4 is 0 Å². The molecular formula is C4H8O2. The van der Waals surface area contributed by atoms with Gasteiger partial charge in [0.05, 0.1) is 6.61 Å². The monoisotopic (exact) mass is 88.1 g/mol. The first-order chi connectivity index (χ1) is 2.91. The van der Waals surface area contributed by atoms with E-state index in [-0.39, 0.29) is 6.61 Å². The van der Waals surface area contributed by atoms with Gasteiger partial charge in [-0.15, -0.1) is 6.58 Å². The molecule has 0 heterocycles. The Morgan fingerprint density at radius 3 is 1.83 bits per heavy atom. The number of hydrogen-bond donors (Lipinski definition) is 1. The van der Waals surface area contributed by atoms with Gasteiger partial charge in [-0.3, -0.25) is 0 Å². The molecular weight excluding hydrogens is 80.0 g/mol. The molecule has 0 aliphatic carbocycles. The molecule has 0 spiro atoms. The first-order valence-corrected chi connectivity index (χ1v) is 1.42. The van der Waals surface area contributed by atoms with Gasteiger partial charge in [-0.2, -0.15) is 0 Å². The largest absolute Gasteiger partial charge is 0.392 e. The molecule has 0 aromatic heterocycles. The Hall–Kier alpha value is -0.630. The lowest BCUT2D eigenvalue weighted by Gasteiger charge is -1.60. The van der Waals surface area contributed by atoms with Gasteiger partial charge in [0.15, 0.2) is 0 Å². The Balaban J connectivity index is 0. The van der Waals surface area contributed by atoms with Crippen LogP contribution in [0.2, 0.25) is 0 Å². The predicted molar refractivity (Wildman–Crippen MR) is 24.4 cm³/mol. The molecule has 0 aromatic carbocycles. The molecule has 0 saturated carbocycles. The van der Waals surface area contributed by atoms with Crippen LogP contribution in [-0.4, -0.2) is 18.5 Å². The van der Waals surface area contributed by atoms with Crippen molar-refractivity contribution < 1.29 is 9.90 Å². The van der Waals surface area contributed by atoms with Crippen molar-refractivity contribution in [2.75, 3.05) is 6.61 Å². The molecule has 0 aliphatic rings. The molecule has 0 radical (unpaired) electrons. The van der Waals surface area contributed by atoms with Crippen LogP contribution in [0.4, 0.5) is 0 Å². The van der Waals surface area contributed by atoms with E-state index in [1.54, 1.807) is 0 Å². The lowest BCUT2D eigenvalue weighted by Crippen LogP contribution is -1.62. The Morgan fingerprint density at radius 2 is 1.83 bits per heavy atom. The summed E-state index contributed by atoms with van der Waals surface area (Å²) in [7, 11) is 0. The van der Waals surface area contributed by atoms with Gasteiger partial charge in [0.25, 0.3) is 0 Å². The minimum Gasteiger partial charge on any atom is -0.392 e. The molecule has 0 fully saturated rings. The Kier molecular flexibility index (Phi) is 39.8. The zero-order valence-electron chi connectivity index (χ0n) is 3.55. The van der Waals surface area contributed by atoms with Crippen LogP contribution in [-0.2, 0) is 4.79 Å². The summed E-state index contributed by atoms with van der Waals surface area (Å²) in [6.45, 7) is 5.31. The van der Waals surface area contributed by atoms with E-state index in [0.29, 0.717) is 0 Å². The van der Waals surface area contributed by atoms with Crippen LogP contribution in [0.25, 0.3) is 0 Å². The molecule has 0 amide bonds. The van der Waals surface area contributed by atoms with Crippen LogP contribution in [0.5, 0.6) is 0 Å². The molecule has 0 rings (SSSR count). The van der Waals surface area contributed by atoms with Crippen molar-refractivity contribution in [3.8, 4) is 0 Å². The van der Waals surface area contributed by atoms with Gasteiger partial charge in [-0.05, 0) is 0 Å². The summed E-state index contributed by atoms with van der Waals surface area (Å²) in [4.78, 5) is 8.00. The first kappa shape index (κ1) is 9.03. The summed E-state index contributed by atoms with van der Waals surface area (Å²) in [5, 5.41) is 7.76. The summed E-state index contributed by atoms with van der Waals surface area (Å²) in [6, 6.07) is 0. The Labute approximate surface area is 37.1 Å². The van der Waals surface area contributed by atoms with E-state index < -0.39 is 0 Å². The molecule has 0 unspecified atom stereocenters. The number of aliphatic hydroxyl groups excluding tert-OH is 1. The highest BCUT2D eigenvalue weighted by Crippen LogP contribution is 1.46. The Morgan fingerprint density at radius 1 is 1.67 bits per heavy atom. The highest BCUT2D eigenvalue weighted by atomic mass is 16.2. The van der Waals surface area contributed by atoms with Crippen LogP contribution in [0.3, 0.4) is 0 Å². The fourth-order valence-corrected chi connectivity index (χ4v) is 0. The summed E-state index contributed by atoms with van der Waals surface area (Å²) in [6.07, 6.45) is 1.43. The molecule has 1 N–H and O–H groups in total. The van der Waals surface area contributed by atoms with Gasteiger partial charge in [-0.1, -0.05) is 6.08 Å². The fourth-order valence-electron chi connectivity index (χ4n) is 0. The van der Waals surface area contributed by atoms with Gasteiger partial charge < -0.3 is 9.90 Å². The first-order valence-electron chi connectivity index (χ1n) is 1.42. The molecule has 0 saturated heterocycles. The SMILES string of the molecule is C=CCO.C=O. The van der Waals surface area contributed by atoms with E-state index in [1.807, 2.05) is 6.79 Å². The smallest absolute Gasteiger partial charge is 0.106 e. The van der Waals surface area contributed by atoms with Crippen LogP contribution in [0, 0.1) is 0 Å². The number of aliphatic hydroxyl groups is 1. The second kappa shape index (κ2) is 26.4. The third-order valence-corrected chi connectivity index (χ3v) is 0.129. The number of rotatable bonds is 1. The van der Waals surface area contributed by atoms with Crippen molar-refractivity contribution in [1.82, 2.24) is 0 Å². The Bertz CT molecular complexity index is 26.7. The molecule has 0 atom stereocenters. The van der Waals surface area contributed by atoms with E-state index in [4.69, 9.17) is 9.90 Å². The molecule has 0 aromatic rings. The van der Waals surface area contributed by atoms with Gasteiger partial charge in [0, 0.05) is 0 Å². The van der Waals surface area contributed by atoms with Crippen molar-refractivity contribution in [2.24, 2.45) is 0 Å². The maximum Gasteiger partial charge on any atom is 0.106 e. The molecule has 2 heteroatoms. The average Bonchev–Trinajstić information content (AvgIpc) is 1.72. The highest BCUT2D eigenvalue weighted by Gasteiger charge is 1.45. The van der Waals surface area contributed by atoms with E-state index in [1.165, 1.54) is 6.08 Å². The van der Waals surface area contributed by atoms with Crippen molar-refractivity contribution in [3.63, 3.8) is 0 Å². The van der Waals surface area contributed by atoms with Crippen LogP contribution in [0.1, 0.15) is 0 Å². The lowest BCUT2D eigenvalue weighted by atomic mass is 10.7. The van der Waals surface area contributed by atoms with E-state index >= 15 is 0 Å². The third kappa shape index (κ3) is 138. The van der Waals surface area contributed by atoms with Crippen molar-refractivity contribution in [3.05, 3.63) is 12.7 Å². The maximum absolute atomic E-state index is 8.00. The van der Waals surface area contributed by atoms with Crippen molar-refractivity contribution >= 4 is 6.79 Å². The molecule has 36 valence electrons. The predicted octanol–water partition coefficient (Wildman–Crippen LogP) is -0.0202. The molecule has 6 heavy (non-hydrogen) atoms.